The van der Waals surface area contributed by atoms with Crippen LogP contribution in [0.4, 0.5) is 0 Å². The predicted octanol–water partition coefficient (Wildman–Crippen LogP) is 3.88. The maximum absolute atomic E-state index is 12.0. The molecule has 0 aromatic heterocycles. The molecular weight excluding hydrogens is 280 g/mol. The lowest BCUT2D eigenvalue weighted by molar-refractivity contribution is 0.0854. The fraction of sp³-hybridized carbons (Fsp3) is 0.417. The van der Waals surface area contributed by atoms with E-state index in [4.69, 9.17) is 34.8 Å². The van der Waals surface area contributed by atoms with Gasteiger partial charge in [-0.05, 0) is 37.5 Å². The maximum atomic E-state index is 12.0. The lowest BCUT2D eigenvalue weighted by Crippen LogP contribution is -2.55. The standard InChI is InChI=1S/C12H12Cl3NO/c13-7-12(4-1-5-12)16-11(17)8-2-3-9(14)10(15)6-8/h2-3,6H,1,4-5,7H2,(H,16,17). The van der Waals surface area contributed by atoms with Crippen molar-refractivity contribution < 1.29 is 4.79 Å². The number of amides is 1. The Kier molecular flexibility index (Phi) is 3.86. The summed E-state index contributed by atoms with van der Waals surface area (Å²) in [6.45, 7) is 0. The summed E-state index contributed by atoms with van der Waals surface area (Å²) >= 11 is 17.6. The Bertz CT molecular complexity index is 438. The molecule has 0 atom stereocenters. The molecule has 0 heterocycles. The Morgan fingerprint density at radius 3 is 2.47 bits per heavy atom. The van der Waals surface area contributed by atoms with Crippen molar-refractivity contribution in [3.05, 3.63) is 33.8 Å². The molecule has 1 aromatic carbocycles. The summed E-state index contributed by atoms with van der Waals surface area (Å²) in [5.41, 5.74) is 0.279. The van der Waals surface area contributed by atoms with Crippen LogP contribution in [0, 0.1) is 0 Å². The van der Waals surface area contributed by atoms with Crippen LogP contribution in [0.1, 0.15) is 29.6 Å². The number of alkyl halides is 1. The SMILES string of the molecule is O=C(NC1(CCl)CCC1)c1ccc(Cl)c(Cl)c1. The van der Waals surface area contributed by atoms with Gasteiger partial charge in [0, 0.05) is 11.4 Å². The number of hydrogen-bond acceptors (Lipinski definition) is 1. The Labute approximate surface area is 115 Å². The monoisotopic (exact) mass is 291 g/mol. The quantitative estimate of drug-likeness (QED) is 0.842. The topological polar surface area (TPSA) is 29.1 Å². The normalized spacial score (nSPS) is 17.4. The van der Waals surface area contributed by atoms with E-state index in [9.17, 15) is 4.79 Å². The molecule has 0 saturated heterocycles. The van der Waals surface area contributed by atoms with Gasteiger partial charge >= 0.3 is 0 Å². The van der Waals surface area contributed by atoms with E-state index in [2.05, 4.69) is 5.32 Å². The van der Waals surface area contributed by atoms with E-state index in [0.717, 1.165) is 19.3 Å². The summed E-state index contributed by atoms with van der Waals surface area (Å²) in [4.78, 5) is 12.0. The van der Waals surface area contributed by atoms with Gasteiger partial charge in [-0.2, -0.15) is 0 Å². The number of carbonyl (C=O) groups excluding carboxylic acids is 1. The number of halogens is 3. The number of nitrogens with one attached hydrogen (secondary N) is 1. The second-order valence-electron chi connectivity index (χ2n) is 4.35. The largest absolute Gasteiger partial charge is 0.345 e. The molecule has 1 saturated carbocycles. The highest BCUT2D eigenvalue weighted by molar-refractivity contribution is 6.42. The Morgan fingerprint density at radius 1 is 1.29 bits per heavy atom. The second kappa shape index (κ2) is 5.05. The molecule has 1 fully saturated rings. The summed E-state index contributed by atoms with van der Waals surface area (Å²) in [7, 11) is 0. The zero-order chi connectivity index (χ0) is 12.5. The highest BCUT2D eigenvalue weighted by Crippen LogP contribution is 2.33. The Morgan fingerprint density at radius 2 is 2.00 bits per heavy atom. The smallest absolute Gasteiger partial charge is 0.251 e. The fourth-order valence-corrected chi connectivity index (χ4v) is 2.48. The van der Waals surface area contributed by atoms with Crippen molar-refractivity contribution in [3.63, 3.8) is 0 Å². The molecule has 2 nitrogen and oxygen atoms in total. The van der Waals surface area contributed by atoms with Crippen LogP contribution < -0.4 is 5.32 Å². The molecular formula is C12H12Cl3NO. The number of rotatable bonds is 3. The van der Waals surface area contributed by atoms with Crippen LogP contribution in [-0.4, -0.2) is 17.3 Å². The van der Waals surface area contributed by atoms with Crippen molar-refractivity contribution in [2.75, 3.05) is 5.88 Å². The summed E-state index contributed by atoms with van der Waals surface area (Å²) in [6.07, 6.45) is 2.97. The third kappa shape index (κ3) is 2.70. The van der Waals surface area contributed by atoms with Gasteiger partial charge in [-0.25, -0.2) is 0 Å². The molecule has 0 bridgehead atoms. The lowest BCUT2D eigenvalue weighted by atomic mass is 9.78. The van der Waals surface area contributed by atoms with E-state index in [0.29, 0.717) is 21.5 Å². The van der Waals surface area contributed by atoms with E-state index >= 15 is 0 Å². The molecule has 1 aliphatic rings. The number of benzene rings is 1. The third-order valence-electron chi connectivity index (χ3n) is 3.13. The summed E-state index contributed by atoms with van der Waals surface area (Å²) < 4.78 is 0. The van der Waals surface area contributed by atoms with E-state index in [1.54, 1.807) is 18.2 Å². The molecule has 1 aromatic rings. The minimum atomic E-state index is -0.231. The van der Waals surface area contributed by atoms with Crippen LogP contribution in [0.15, 0.2) is 18.2 Å². The molecule has 0 aliphatic heterocycles. The average Bonchev–Trinajstić information content (AvgIpc) is 2.27. The van der Waals surface area contributed by atoms with Crippen molar-refractivity contribution in [3.8, 4) is 0 Å². The molecule has 0 spiro atoms. The van der Waals surface area contributed by atoms with Crippen molar-refractivity contribution >= 4 is 40.7 Å². The van der Waals surface area contributed by atoms with Crippen LogP contribution in [0.5, 0.6) is 0 Å². The van der Waals surface area contributed by atoms with Crippen LogP contribution in [0.3, 0.4) is 0 Å². The first-order valence-corrected chi connectivity index (χ1v) is 6.69. The van der Waals surface area contributed by atoms with Gasteiger partial charge < -0.3 is 5.32 Å². The maximum Gasteiger partial charge on any atom is 0.251 e. The van der Waals surface area contributed by atoms with Gasteiger partial charge in [0.15, 0.2) is 0 Å². The van der Waals surface area contributed by atoms with Gasteiger partial charge in [0.05, 0.1) is 15.6 Å². The van der Waals surface area contributed by atoms with E-state index in [-0.39, 0.29) is 11.4 Å². The highest BCUT2D eigenvalue weighted by atomic mass is 35.5. The van der Waals surface area contributed by atoms with Gasteiger partial charge in [-0.3, -0.25) is 4.79 Å². The van der Waals surface area contributed by atoms with Gasteiger partial charge in [-0.15, -0.1) is 11.6 Å². The number of hydrogen-bond donors (Lipinski definition) is 1. The van der Waals surface area contributed by atoms with Crippen molar-refractivity contribution in [2.45, 2.75) is 24.8 Å². The first-order chi connectivity index (χ1) is 8.06. The average molecular weight is 293 g/mol. The first kappa shape index (κ1) is 13.0. The molecule has 0 unspecified atom stereocenters. The molecule has 5 heteroatoms. The molecule has 1 amide bonds. The fourth-order valence-electron chi connectivity index (χ4n) is 1.85. The van der Waals surface area contributed by atoms with E-state index in [1.807, 2.05) is 0 Å². The van der Waals surface area contributed by atoms with Crippen molar-refractivity contribution in [1.29, 1.82) is 0 Å². The van der Waals surface area contributed by atoms with Gasteiger partial charge in [0.2, 0.25) is 0 Å². The molecule has 0 radical (unpaired) electrons. The summed E-state index contributed by atoms with van der Waals surface area (Å²) in [6, 6.07) is 4.84. The summed E-state index contributed by atoms with van der Waals surface area (Å²) in [5.74, 6) is 0.295. The van der Waals surface area contributed by atoms with Gasteiger partial charge in [0.25, 0.3) is 5.91 Å². The summed E-state index contributed by atoms with van der Waals surface area (Å²) in [5, 5.41) is 3.80. The zero-order valence-electron chi connectivity index (χ0n) is 9.10. The lowest BCUT2D eigenvalue weighted by Gasteiger charge is -2.41. The van der Waals surface area contributed by atoms with Crippen molar-refractivity contribution in [2.24, 2.45) is 0 Å². The highest BCUT2D eigenvalue weighted by Gasteiger charge is 2.37. The van der Waals surface area contributed by atoms with Crippen LogP contribution in [0.2, 0.25) is 10.0 Å². The van der Waals surface area contributed by atoms with Crippen LogP contribution >= 0.6 is 34.8 Å². The molecule has 1 N–H and O–H groups in total. The molecule has 1 aliphatic carbocycles. The van der Waals surface area contributed by atoms with Crippen LogP contribution in [0.25, 0.3) is 0 Å². The second-order valence-corrected chi connectivity index (χ2v) is 5.43. The van der Waals surface area contributed by atoms with Crippen LogP contribution in [-0.2, 0) is 0 Å². The minimum absolute atomic E-state index is 0.149. The predicted molar refractivity (Wildman–Crippen MR) is 71.2 cm³/mol. The molecule has 17 heavy (non-hydrogen) atoms. The zero-order valence-corrected chi connectivity index (χ0v) is 11.4. The van der Waals surface area contributed by atoms with Gasteiger partial charge in [0.1, 0.15) is 0 Å². The first-order valence-electron chi connectivity index (χ1n) is 5.40. The van der Waals surface area contributed by atoms with E-state index in [1.165, 1.54) is 0 Å². The Balaban J connectivity index is 2.11. The third-order valence-corrected chi connectivity index (χ3v) is 4.38. The minimum Gasteiger partial charge on any atom is -0.345 e. The van der Waals surface area contributed by atoms with Gasteiger partial charge in [-0.1, -0.05) is 23.2 Å². The Hall–Kier alpha value is -0.440. The molecule has 92 valence electrons. The number of carbonyl (C=O) groups is 1. The molecule has 2 rings (SSSR count). The van der Waals surface area contributed by atoms with Crippen molar-refractivity contribution in [1.82, 2.24) is 5.32 Å². The van der Waals surface area contributed by atoms with E-state index < -0.39 is 0 Å².